The molecule has 0 bridgehead atoms. The summed E-state index contributed by atoms with van der Waals surface area (Å²) < 4.78 is 5.73. The van der Waals surface area contributed by atoms with E-state index in [4.69, 9.17) is 22.1 Å². The average Bonchev–Trinajstić information content (AvgIpc) is 2.38. The molecule has 0 atom stereocenters. The van der Waals surface area contributed by atoms with Crippen LogP contribution in [-0.4, -0.2) is 0 Å². The Kier molecular flexibility index (Phi) is 4.24. The van der Waals surface area contributed by atoms with Crippen LogP contribution in [0.1, 0.15) is 16.7 Å². The van der Waals surface area contributed by atoms with Crippen molar-refractivity contribution in [3.8, 4) is 5.75 Å². The van der Waals surface area contributed by atoms with Crippen molar-refractivity contribution in [3.05, 3.63) is 64.2 Å². The standard InChI is InChI=1S/C15H16ClNO/c1-11-8-15(7-4-13(11)9-17)18-10-12-2-5-14(16)6-3-12/h2-8H,9-10,17H2,1H3. The first-order valence-electron chi connectivity index (χ1n) is 5.86. The fourth-order valence-electron chi connectivity index (χ4n) is 1.73. The Labute approximate surface area is 112 Å². The van der Waals surface area contributed by atoms with Crippen molar-refractivity contribution in [1.82, 2.24) is 0 Å². The lowest BCUT2D eigenvalue weighted by atomic mass is 10.1. The molecule has 0 aromatic heterocycles. The molecule has 0 heterocycles. The van der Waals surface area contributed by atoms with Gasteiger partial charge in [0.2, 0.25) is 0 Å². The first-order valence-corrected chi connectivity index (χ1v) is 6.23. The Morgan fingerprint density at radius 1 is 1.11 bits per heavy atom. The van der Waals surface area contributed by atoms with Gasteiger partial charge in [0.25, 0.3) is 0 Å². The molecule has 2 rings (SSSR count). The van der Waals surface area contributed by atoms with Gasteiger partial charge in [0.1, 0.15) is 12.4 Å². The molecule has 0 aliphatic carbocycles. The second-order valence-electron chi connectivity index (χ2n) is 4.21. The van der Waals surface area contributed by atoms with E-state index in [0.717, 1.165) is 27.5 Å². The highest BCUT2D eigenvalue weighted by molar-refractivity contribution is 6.30. The van der Waals surface area contributed by atoms with Gasteiger partial charge in [-0.25, -0.2) is 0 Å². The largest absolute Gasteiger partial charge is 0.489 e. The highest BCUT2D eigenvalue weighted by Gasteiger charge is 2.00. The molecule has 2 nitrogen and oxygen atoms in total. The molecule has 2 aromatic carbocycles. The van der Waals surface area contributed by atoms with E-state index in [-0.39, 0.29) is 0 Å². The molecule has 0 aliphatic rings. The lowest BCUT2D eigenvalue weighted by Gasteiger charge is -2.09. The first-order chi connectivity index (χ1) is 8.69. The Hall–Kier alpha value is -1.51. The summed E-state index contributed by atoms with van der Waals surface area (Å²) in [5.41, 5.74) is 9.03. The van der Waals surface area contributed by atoms with Crippen LogP contribution >= 0.6 is 11.6 Å². The zero-order chi connectivity index (χ0) is 13.0. The summed E-state index contributed by atoms with van der Waals surface area (Å²) in [6.45, 7) is 3.14. The molecule has 0 amide bonds. The molecule has 0 unspecified atom stereocenters. The van der Waals surface area contributed by atoms with E-state index in [9.17, 15) is 0 Å². The zero-order valence-corrected chi connectivity index (χ0v) is 11.1. The Morgan fingerprint density at radius 3 is 2.44 bits per heavy atom. The number of halogens is 1. The van der Waals surface area contributed by atoms with Crippen LogP contribution in [0, 0.1) is 6.92 Å². The molecular weight excluding hydrogens is 246 g/mol. The van der Waals surface area contributed by atoms with Crippen LogP contribution in [0.15, 0.2) is 42.5 Å². The minimum absolute atomic E-state index is 0.540. The van der Waals surface area contributed by atoms with Crippen molar-refractivity contribution in [1.29, 1.82) is 0 Å². The van der Waals surface area contributed by atoms with Crippen molar-refractivity contribution in [2.75, 3.05) is 0 Å². The summed E-state index contributed by atoms with van der Waals surface area (Å²) >= 11 is 5.83. The predicted molar refractivity (Wildman–Crippen MR) is 74.9 cm³/mol. The smallest absolute Gasteiger partial charge is 0.120 e. The lowest BCUT2D eigenvalue weighted by Crippen LogP contribution is -2.00. The first kappa shape index (κ1) is 12.9. The highest BCUT2D eigenvalue weighted by Crippen LogP contribution is 2.18. The summed E-state index contributed by atoms with van der Waals surface area (Å²) in [5, 5.41) is 0.738. The van der Waals surface area contributed by atoms with E-state index in [2.05, 4.69) is 0 Å². The summed E-state index contributed by atoms with van der Waals surface area (Å²) in [6, 6.07) is 13.6. The van der Waals surface area contributed by atoms with Gasteiger partial charge in [-0.2, -0.15) is 0 Å². The minimum atomic E-state index is 0.540. The van der Waals surface area contributed by atoms with Crippen LogP contribution in [0.5, 0.6) is 5.75 Å². The molecular formula is C15H16ClNO. The number of ether oxygens (including phenoxy) is 1. The van der Waals surface area contributed by atoms with E-state index in [1.807, 2.05) is 49.4 Å². The number of hydrogen-bond donors (Lipinski definition) is 1. The van der Waals surface area contributed by atoms with Gasteiger partial charge in [-0.3, -0.25) is 0 Å². The van der Waals surface area contributed by atoms with Gasteiger partial charge < -0.3 is 10.5 Å². The van der Waals surface area contributed by atoms with Gasteiger partial charge in [-0.1, -0.05) is 29.8 Å². The van der Waals surface area contributed by atoms with Crippen LogP contribution in [-0.2, 0) is 13.2 Å². The molecule has 0 radical (unpaired) electrons. The molecule has 0 aliphatic heterocycles. The Bertz CT molecular complexity index is 523. The van der Waals surface area contributed by atoms with Crippen molar-refractivity contribution >= 4 is 11.6 Å². The number of nitrogens with two attached hydrogens (primary N) is 1. The SMILES string of the molecule is Cc1cc(OCc2ccc(Cl)cc2)ccc1CN. The van der Waals surface area contributed by atoms with Crippen molar-refractivity contribution in [2.24, 2.45) is 5.73 Å². The van der Waals surface area contributed by atoms with Gasteiger partial charge in [0.05, 0.1) is 0 Å². The van der Waals surface area contributed by atoms with Gasteiger partial charge in [0.15, 0.2) is 0 Å². The monoisotopic (exact) mass is 261 g/mol. The number of hydrogen-bond acceptors (Lipinski definition) is 2. The maximum Gasteiger partial charge on any atom is 0.120 e. The van der Waals surface area contributed by atoms with E-state index in [0.29, 0.717) is 13.2 Å². The topological polar surface area (TPSA) is 35.2 Å². The predicted octanol–water partition coefficient (Wildman–Crippen LogP) is 3.69. The van der Waals surface area contributed by atoms with E-state index < -0.39 is 0 Å². The maximum absolute atomic E-state index is 5.83. The molecule has 0 fully saturated rings. The summed E-state index contributed by atoms with van der Waals surface area (Å²) in [7, 11) is 0. The Morgan fingerprint density at radius 2 is 1.83 bits per heavy atom. The molecule has 0 spiro atoms. The van der Waals surface area contributed by atoms with E-state index in [1.54, 1.807) is 0 Å². The third-order valence-corrected chi connectivity index (χ3v) is 3.10. The van der Waals surface area contributed by atoms with Gasteiger partial charge >= 0.3 is 0 Å². The van der Waals surface area contributed by atoms with Crippen molar-refractivity contribution < 1.29 is 4.74 Å². The number of rotatable bonds is 4. The quantitative estimate of drug-likeness (QED) is 0.911. The van der Waals surface area contributed by atoms with Crippen LogP contribution in [0.3, 0.4) is 0 Å². The van der Waals surface area contributed by atoms with Gasteiger partial charge in [-0.05, 0) is 47.9 Å². The third-order valence-electron chi connectivity index (χ3n) is 2.85. The van der Waals surface area contributed by atoms with Crippen LogP contribution in [0.4, 0.5) is 0 Å². The van der Waals surface area contributed by atoms with Gasteiger partial charge in [0, 0.05) is 11.6 Å². The highest BCUT2D eigenvalue weighted by atomic mass is 35.5. The molecule has 3 heteroatoms. The number of aryl methyl sites for hydroxylation is 1. The van der Waals surface area contributed by atoms with Crippen molar-refractivity contribution in [2.45, 2.75) is 20.1 Å². The molecule has 2 aromatic rings. The third kappa shape index (κ3) is 3.25. The lowest BCUT2D eigenvalue weighted by molar-refractivity contribution is 0.306. The second kappa shape index (κ2) is 5.89. The fourth-order valence-corrected chi connectivity index (χ4v) is 1.86. The molecule has 2 N–H and O–H groups in total. The summed E-state index contributed by atoms with van der Waals surface area (Å²) in [4.78, 5) is 0. The van der Waals surface area contributed by atoms with Crippen LogP contribution < -0.4 is 10.5 Å². The summed E-state index contributed by atoms with van der Waals surface area (Å²) in [5.74, 6) is 0.861. The fraction of sp³-hybridized carbons (Fsp3) is 0.200. The summed E-state index contributed by atoms with van der Waals surface area (Å²) in [6.07, 6.45) is 0. The number of benzene rings is 2. The minimum Gasteiger partial charge on any atom is -0.489 e. The molecule has 0 saturated carbocycles. The van der Waals surface area contributed by atoms with Crippen molar-refractivity contribution in [3.63, 3.8) is 0 Å². The van der Waals surface area contributed by atoms with Crippen LogP contribution in [0.25, 0.3) is 0 Å². The average molecular weight is 262 g/mol. The Balaban J connectivity index is 2.02. The second-order valence-corrected chi connectivity index (χ2v) is 4.64. The van der Waals surface area contributed by atoms with Crippen LogP contribution in [0.2, 0.25) is 5.02 Å². The van der Waals surface area contributed by atoms with E-state index >= 15 is 0 Å². The maximum atomic E-state index is 5.83. The van der Waals surface area contributed by atoms with E-state index in [1.165, 1.54) is 0 Å². The molecule has 0 saturated heterocycles. The normalized spacial score (nSPS) is 10.4. The molecule has 94 valence electrons. The van der Waals surface area contributed by atoms with Gasteiger partial charge in [-0.15, -0.1) is 0 Å². The zero-order valence-electron chi connectivity index (χ0n) is 10.3. The molecule has 18 heavy (non-hydrogen) atoms.